The van der Waals surface area contributed by atoms with Gasteiger partial charge < -0.3 is 23.8 Å². The number of piperidine rings is 1. The maximum absolute atomic E-state index is 12.4. The zero-order valence-corrected chi connectivity index (χ0v) is 26.6. The van der Waals surface area contributed by atoms with Crippen LogP contribution in [0.15, 0.2) is 42.5 Å². The molecule has 0 radical (unpaired) electrons. The molecular formula is C34H46N2O7. The van der Waals surface area contributed by atoms with Crippen molar-refractivity contribution in [1.82, 2.24) is 4.90 Å². The molecule has 0 spiro atoms. The predicted octanol–water partition coefficient (Wildman–Crippen LogP) is 5.75. The molecule has 0 unspecified atom stereocenters. The van der Waals surface area contributed by atoms with Crippen LogP contribution in [-0.4, -0.2) is 80.5 Å². The summed E-state index contributed by atoms with van der Waals surface area (Å²) in [5, 5.41) is 0. The number of methoxy groups -OCH3 is 2. The van der Waals surface area contributed by atoms with E-state index < -0.39 is 17.5 Å². The minimum Gasteiger partial charge on any atom is -0.490 e. The van der Waals surface area contributed by atoms with E-state index in [0.29, 0.717) is 29.3 Å². The third-order valence-electron chi connectivity index (χ3n) is 8.26. The highest BCUT2D eigenvalue weighted by molar-refractivity contribution is 6.03. The molecule has 1 aliphatic carbocycles. The minimum atomic E-state index is -0.604. The standard InChI is InChI=1S/C34H46N2O7/c1-22(2)36(26-18-28(19-26)42-27-12-13-29(32(38)40-6)30(20-27)33(39)41-7)21-23-14-16-35(17-15-23)25-10-8-24(9-11-25)31(37)43-34(3,4)5/h8-13,20,22-23,26,28H,14-19,21H2,1-7H3/t26-,28-. The molecule has 234 valence electrons. The first kappa shape index (κ1) is 32.3. The summed E-state index contributed by atoms with van der Waals surface area (Å²) in [7, 11) is 2.56. The fourth-order valence-electron chi connectivity index (χ4n) is 5.86. The Morgan fingerprint density at radius 1 is 0.884 bits per heavy atom. The summed E-state index contributed by atoms with van der Waals surface area (Å²) >= 11 is 0. The molecule has 0 aromatic heterocycles. The van der Waals surface area contributed by atoms with Gasteiger partial charge in [0.25, 0.3) is 0 Å². The van der Waals surface area contributed by atoms with E-state index in [1.54, 1.807) is 18.2 Å². The van der Waals surface area contributed by atoms with E-state index in [4.69, 9.17) is 18.9 Å². The quantitative estimate of drug-likeness (QED) is 0.252. The van der Waals surface area contributed by atoms with Gasteiger partial charge in [-0.05, 0) is 95.8 Å². The summed E-state index contributed by atoms with van der Waals surface area (Å²) in [4.78, 5) is 41.7. The van der Waals surface area contributed by atoms with E-state index in [-0.39, 0.29) is 23.2 Å². The Hall–Kier alpha value is -3.59. The number of esters is 3. The average Bonchev–Trinajstić information content (AvgIpc) is 2.96. The first-order chi connectivity index (χ1) is 20.4. The van der Waals surface area contributed by atoms with Crippen LogP contribution in [0.25, 0.3) is 0 Å². The lowest BCUT2D eigenvalue weighted by atomic mass is 9.85. The van der Waals surface area contributed by atoms with Crippen molar-refractivity contribution in [2.75, 3.05) is 38.8 Å². The van der Waals surface area contributed by atoms with Crippen LogP contribution in [0.4, 0.5) is 5.69 Å². The highest BCUT2D eigenvalue weighted by Crippen LogP contribution is 2.34. The van der Waals surface area contributed by atoms with Gasteiger partial charge >= 0.3 is 17.9 Å². The van der Waals surface area contributed by atoms with Crippen molar-refractivity contribution in [2.24, 2.45) is 5.92 Å². The van der Waals surface area contributed by atoms with Crippen molar-refractivity contribution in [2.45, 2.75) is 84.1 Å². The van der Waals surface area contributed by atoms with Gasteiger partial charge in [0.05, 0.1) is 30.9 Å². The first-order valence-electron chi connectivity index (χ1n) is 15.2. The molecule has 1 saturated heterocycles. The highest BCUT2D eigenvalue weighted by atomic mass is 16.6. The molecule has 1 heterocycles. The van der Waals surface area contributed by atoms with Gasteiger partial charge in [-0.15, -0.1) is 0 Å². The number of hydrogen-bond donors (Lipinski definition) is 0. The van der Waals surface area contributed by atoms with Crippen LogP contribution in [0.1, 0.15) is 91.4 Å². The number of carbonyl (C=O) groups is 3. The zero-order chi connectivity index (χ0) is 31.3. The topological polar surface area (TPSA) is 94.6 Å². The molecule has 0 amide bonds. The normalized spacial score (nSPS) is 19.1. The van der Waals surface area contributed by atoms with E-state index in [1.807, 2.05) is 45.0 Å². The lowest BCUT2D eigenvalue weighted by molar-refractivity contribution is -0.00665. The number of anilines is 1. The van der Waals surface area contributed by atoms with Crippen LogP contribution in [-0.2, 0) is 14.2 Å². The SMILES string of the molecule is COC(=O)c1ccc(O[C@H]2C[C@H](N(CC3CCN(c4ccc(C(=O)OC(C)(C)C)cc4)CC3)C(C)C)C2)cc1C(=O)OC. The summed E-state index contributed by atoms with van der Waals surface area (Å²) in [6.45, 7) is 13.2. The van der Waals surface area contributed by atoms with Crippen molar-refractivity contribution in [3.8, 4) is 5.75 Å². The third-order valence-corrected chi connectivity index (χ3v) is 8.26. The summed E-state index contributed by atoms with van der Waals surface area (Å²) < 4.78 is 21.3. The third kappa shape index (κ3) is 8.28. The largest absolute Gasteiger partial charge is 0.490 e. The Morgan fingerprint density at radius 3 is 2.05 bits per heavy atom. The molecule has 0 bridgehead atoms. The maximum Gasteiger partial charge on any atom is 0.338 e. The number of carbonyl (C=O) groups excluding carboxylic acids is 3. The van der Waals surface area contributed by atoms with Crippen LogP contribution in [0.3, 0.4) is 0 Å². The average molecular weight is 595 g/mol. The Kier molecular flexibility index (Phi) is 10.4. The molecule has 43 heavy (non-hydrogen) atoms. The minimum absolute atomic E-state index is 0.0474. The molecule has 0 atom stereocenters. The van der Waals surface area contributed by atoms with E-state index in [9.17, 15) is 14.4 Å². The fourth-order valence-corrected chi connectivity index (χ4v) is 5.86. The summed E-state index contributed by atoms with van der Waals surface area (Å²) in [6.07, 6.45) is 4.10. The van der Waals surface area contributed by atoms with Crippen molar-refractivity contribution in [1.29, 1.82) is 0 Å². The Labute approximate surface area is 255 Å². The van der Waals surface area contributed by atoms with Gasteiger partial charge in [-0.2, -0.15) is 0 Å². The van der Waals surface area contributed by atoms with Crippen LogP contribution in [0, 0.1) is 5.92 Å². The second-order valence-corrected chi connectivity index (χ2v) is 12.8. The van der Waals surface area contributed by atoms with E-state index in [0.717, 1.165) is 51.0 Å². The summed E-state index contributed by atoms with van der Waals surface area (Å²) in [6, 6.07) is 13.4. The monoisotopic (exact) mass is 594 g/mol. The lowest BCUT2D eigenvalue weighted by Crippen LogP contribution is -2.53. The second-order valence-electron chi connectivity index (χ2n) is 12.8. The molecular weight excluding hydrogens is 548 g/mol. The van der Waals surface area contributed by atoms with Gasteiger partial charge in [-0.25, -0.2) is 14.4 Å². The van der Waals surface area contributed by atoms with E-state index in [2.05, 4.69) is 23.6 Å². The molecule has 2 fully saturated rings. The first-order valence-corrected chi connectivity index (χ1v) is 15.2. The molecule has 9 heteroatoms. The molecule has 2 aromatic carbocycles. The molecule has 0 N–H and O–H groups in total. The number of hydrogen-bond acceptors (Lipinski definition) is 9. The smallest absolute Gasteiger partial charge is 0.338 e. The van der Waals surface area contributed by atoms with Gasteiger partial charge in [0.2, 0.25) is 0 Å². The van der Waals surface area contributed by atoms with Crippen LogP contribution < -0.4 is 9.64 Å². The van der Waals surface area contributed by atoms with Crippen LogP contribution in [0.2, 0.25) is 0 Å². The Balaban J connectivity index is 1.27. The maximum atomic E-state index is 12.4. The number of ether oxygens (including phenoxy) is 4. The predicted molar refractivity (Wildman–Crippen MR) is 165 cm³/mol. The van der Waals surface area contributed by atoms with Gasteiger partial charge in [0, 0.05) is 50.2 Å². The van der Waals surface area contributed by atoms with Crippen molar-refractivity contribution in [3.05, 3.63) is 59.2 Å². The summed E-state index contributed by atoms with van der Waals surface area (Å²) in [5.41, 5.74) is 1.50. The Bertz CT molecular complexity index is 1270. The second kappa shape index (κ2) is 13.8. The number of benzene rings is 2. The van der Waals surface area contributed by atoms with Gasteiger partial charge in [-0.3, -0.25) is 4.90 Å². The van der Waals surface area contributed by atoms with Crippen LogP contribution >= 0.6 is 0 Å². The molecule has 2 aromatic rings. The molecule has 9 nitrogen and oxygen atoms in total. The van der Waals surface area contributed by atoms with E-state index >= 15 is 0 Å². The number of nitrogens with zero attached hydrogens (tertiary/aromatic N) is 2. The Morgan fingerprint density at radius 2 is 1.49 bits per heavy atom. The van der Waals surface area contributed by atoms with Gasteiger partial charge in [0.1, 0.15) is 17.5 Å². The molecule has 2 aliphatic rings. The zero-order valence-electron chi connectivity index (χ0n) is 26.6. The lowest BCUT2D eigenvalue weighted by Gasteiger charge is -2.46. The van der Waals surface area contributed by atoms with E-state index in [1.165, 1.54) is 14.2 Å². The molecule has 1 aliphatic heterocycles. The number of rotatable bonds is 10. The van der Waals surface area contributed by atoms with Crippen molar-refractivity contribution in [3.63, 3.8) is 0 Å². The van der Waals surface area contributed by atoms with Gasteiger partial charge in [-0.1, -0.05) is 0 Å². The fraction of sp³-hybridized carbons (Fsp3) is 0.559. The summed E-state index contributed by atoms with van der Waals surface area (Å²) in [5.74, 6) is -0.331. The highest BCUT2D eigenvalue weighted by Gasteiger charge is 2.38. The van der Waals surface area contributed by atoms with Gasteiger partial charge in [0.15, 0.2) is 0 Å². The van der Waals surface area contributed by atoms with Crippen molar-refractivity contribution >= 4 is 23.6 Å². The van der Waals surface area contributed by atoms with Crippen molar-refractivity contribution < 1.29 is 33.3 Å². The van der Waals surface area contributed by atoms with Crippen LogP contribution in [0.5, 0.6) is 5.75 Å². The molecule has 4 rings (SSSR count). The molecule has 1 saturated carbocycles.